The van der Waals surface area contributed by atoms with E-state index >= 15 is 9.59 Å². The molecule has 0 bridgehead atoms. The molecule has 536 valence electrons. The third-order valence-electron chi connectivity index (χ3n) is 16.5. The van der Waals surface area contributed by atoms with Gasteiger partial charge in [-0.2, -0.15) is 0 Å². The van der Waals surface area contributed by atoms with E-state index in [9.17, 15) is 48.6 Å². The van der Waals surface area contributed by atoms with Gasteiger partial charge in [-0.3, -0.25) is 47.9 Å². The Bertz CT molecular complexity index is 3070. The van der Waals surface area contributed by atoms with Gasteiger partial charge in [0.25, 0.3) is 0 Å². The number of aromatic amines is 1. The van der Waals surface area contributed by atoms with Gasteiger partial charge in [0, 0.05) is 55.3 Å². The predicted octanol–water partition coefficient (Wildman–Crippen LogP) is 5.05. The molecular formula is C70H107N13O12S2. The molecule has 1 heterocycles. The van der Waals surface area contributed by atoms with Gasteiger partial charge in [0.2, 0.25) is 59.1 Å². The first-order chi connectivity index (χ1) is 46.6. The zero-order chi connectivity index (χ0) is 70.9. The number of benzene rings is 3. The molecule has 25 nitrogen and oxygen atoms in total. The van der Waals surface area contributed by atoms with Crippen LogP contribution in [0.4, 0.5) is 0 Å². The number of nitrogens with two attached hydrogens (primary N) is 3. The van der Waals surface area contributed by atoms with Gasteiger partial charge in [-0.15, -0.1) is 23.5 Å². The van der Waals surface area contributed by atoms with E-state index in [1.54, 1.807) is 48.7 Å². The zero-order valence-corrected chi connectivity index (χ0v) is 58.5. The number of unbranched alkanes of at least 4 members (excludes halogenated alkanes) is 16. The predicted molar refractivity (Wildman–Crippen MR) is 381 cm³/mol. The van der Waals surface area contributed by atoms with Gasteiger partial charge in [0.05, 0.1) is 23.9 Å². The Morgan fingerprint density at radius 1 is 0.505 bits per heavy atom. The first kappa shape index (κ1) is 81.7. The monoisotopic (exact) mass is 1390 g/mol. The Morgan fingerprint density at radius 3 is 1.48 bits per heavy atom. The van der Waals surface area contributed by atoms with Crippen molar-refractivity contribution in [2.24, 2.45) is 17.2 Å². The topological polar surface area (TPSA) is 413 Å². The lowest BCUT2D eigenvalue weighted by molar-refractivity contribution is -0.135. The second kappa shape index (κ2) is 46.5. The lowest BCUT2D eigenvalue weighted by Gasteiger charge is -2.28. The maximum Gasteiger partial charge on any atom is 0.247 e. The minimum Gasteiger partial charge on any atom is -0.508 e. The Morgan fingerprint density at radius 2 is 0.959 bits per heavy atom. The Kier molecular flexibility index (Phi) is 39.2. The number of para-hydroxylation sites is 1. The minimum atomic E-state index is -1.64. The van der Waals surface area contributed by atoms with Crippen molar-refractivity contribution in [3.05, 3.63) is 102 Å². The number of aliphatic hydroxyl groups is 1. The van der Waals surface area contributed by atoms with Crippen molar-refractivity contribution in [3.63, 3.8) is 0 Å². The first-order valence-electron chi connectivity index (χ1n) is 34.2. The number of aromatic hydroxyl groups is 1. The number of aliphatic hydroxyl groups excluding tert-OH is 1. The number of phenolic OH excluding ortho intramolecular Hbond substituents is 1. The fraction of sp³-hybridized carbons (Fsp3) is 0.571. The maximum absolute atomic E-state index is 15.2. The summed E-state index contributed by atoms with van der Waals surface area (Å²) < 4.78 is 0. The van der Waals surface area contributed by atoms with Crippen molar-refractivity contribution < 1.29 is 58.2 Å². The highest BCUT2D eigenvalue weighted by atomic mass is 32.2. The van der Waals surface area contributed by atoms with Gasteiger partial charge in [0.15, 0.2) is 0 Å². The number of carbonyl (C=O) groups excluding carboxylic acids is 10. The lowest BCUT2D eigenvalue weighted by Crippen LogP contribution is -2.60. The molecule has 0 saturated carbocycles. The molecule has 4 aromatic rings. The third-order valence-corrected chi connectivity index (χ3v) is 18.3. The number of rotatable bonds is 50. The Labute approximate surface area is 579 Å². The Hall–Kier alpha value is -7.72. The normalized spacial score (nSPS) is 14.0. The van der Waals surface area contributed by atoms with Gasteiger partial charge in [-0.05, 0) is 74.0 Å². The number of thioether (sulfide) groups is 2. The molecule has 3 aromatic carbocycles. The summed E-state index contributed by atoms with van der Waals surface area (Å²) >= 11 is 2.14. The molecule has 0 aliphatic heterocycles. The molecule has 97 heavy (non-hydrogen) atoms. The number of hydrogen-bond acceptors (Lipinski definition) is 16. The molecule has 0 saturated heterocycles. The molecule has 0 aliphatic carbocycles. The Balaban J connectivity index is 1.60. The molecule has 2 unspecified atom stereocenters. The second-order valence-electron chi connectivity index (χ2n) is 24.7. The van der Waals surface area contributed by atoms with E-state index in [2.05, 4.69) is 59.8 Å². The molecule has 1 aromatic heterocycles. The van der Waals surface area contributed by atoms with Crippen molar-refractivity contribution in [3.8, 4) is 5.75 Å². The van der Waals surface area contributed by atoms with Gasteiger partial charge in [-0.1, -0.05) is 170 Å². The number of primary amides is 1. The fourth-order valence-corrected chi connectivity index (χ4v) is 12.6. The van der Waals surface area contributed by atoms with Crippen molar-refractivity contribution >= 4 is 93.5 Å². The largest absolute Gasteiger partial charge is 0.508 e. The molecule has 4 rings (SSSR count). The number of amides is 10. The van der Waals surface area contributed by atoms with E-state index in [1.807, 2.05) is 12.1 Å². The molecular weight excluding hydrogens is 1280 g/mol. The van der Waals surface area contributed by atoms with E-state index in [1.165, 1.54) is 116 Å². The van der Waals surface area contributed by atoms with E-state index in [0.717, 1.165) is 49.2 Å². The number of hydrogen-bond donors (Lipinski definition) is 15. The SMILES string of the molecule is CCCCCCCCCCCCCCCCCCC(N)C(=O)N[C@H](Cc1ccccc1)C(=O)N[C@@H](CSCNC(C)=O)C(=O)NC(C(=O)N[C@@H](Cc1c[nH]c2ccccc12)C(=O)N[C@@H](CCCCN)C(=O)N[C@@H](CSCNC(C)=O)C(=O)N[C@H](C(N)=O)[C@@H](C)O)c1ccc(O)cc1. The summed E-state index contributed by atoms with van der Waals surface area (Å²) in [5.41, 5.74) is 19.9. The standard InChI is InChI=1S/C70H107N13O12S2/c1-5-6-7-8-9-10-11-12-13-14-15-16-17-18-19-23-31-54(72)64(89)78-57(39-49-28-21-20-22-29-49)66(91)81-60(43-97-45-76-48(4)86)69(94)83-62(50-34-36-52(87)37-35-50)70(95)79-58(40-51-41-74-55-32-25-24-30-53(51)55)67(92)77-56(33-26-27-38-71)65(90)80-59(42-96-44-75-47(3)85)68(93)82-61(46(2)84)63(73)88/h20-22,24-25,28-30,32,34-37,41,46,54,56-62,74,84,87H,5-19,23,26-27,31,33,38-40,42-45,71-72H2,1-4H3,(H2,73,88)(H,75,85)(H,76,86)(H,77,92)(H,78,89)(H,79,95)(H,80,90)(H,81,91)(H,82,93)(H,83,94)/t46-,54?,56+,57-,58+,59+,60+,61+,62?/m1/s1. The quantitative estimate of drug-likeness (QED) is 0.0203. The number of fused-ring (bicyclic) bond motifs is 1. The van der Waals surface area contributed by atoms with Crippen molar-refractivity contribution in [1.29, 1.82) is 0 Å². The summed E-state index contributed by atoms with van der Waals surface area (Å²) in [7, 11) is 0. The summed E-state index contributed by atoms with van der Waals surface area (Å²) in [5.74, 6) is -7.97. The van der Waals surface area contributed by atoms with Gasteiger partial charge < -0.3 is 80.2 Å². The summed E-state index contributed by atoms with van der Waals surface area (Å²) in [4.78, 5) is 141. The van der Waals surface area contributed by atoms with Crippen molar-refractivity contribution in [1.82, 2.24) is 52.8 Å². The van der Waals surface area contributed by atoms with E-state index < -0.39 is 102 Å². The average molecular weight is 1390 g/mol. The molecule has 18 N–H and O–H groups in total. The van der Waals surface area contributed by atoms with Crippen LogP contribution in [0.15, 0.2) is 85.1 Å². The van der Waals surface area contributed by atoms with Crippen LogP contribution in [0.5, 0.6) is 5.75 Å². The van der Waals surface area contributed by atoms with Crippen LogP contribution >= 0.6 is 23.5 Å². The van der Waals surface area contributed by atoms with Crippen LogP contribution in [0.3, 0.4) is 0 Å². The van der Waals surface area contributed by atoms with Crippen LogP contribution < -0.4 is 65.1 Å². The molecule has 0 spiro atoms. The van der Waals surface area contributed by atoms with Crippen molar-refractivity contribution in [2.75, 3.05) is 29.8 Å². The molecule has 9 atom stereocenters. The molecule has 10 amide bonds. The third kappa shape index (κ3) is 32.0. The van der Waals surface area contributed by atoms with Crippen molar-refractivity contribution in [2.45, 2.75) is 223 Å². The summed E-state index contributed by atoms with van der Waals surface area (Å²) in [6, 6.07) is 10.4. The summed E-state index contributed by atoms with van der Waals surface area (Å²) in [6.45, 7) is 6.32. The van der Waals surface area contributed by atoms with E-state index in [0.29, 0.717) is 47.7 Å². The number of nitrogens with one attached hydrogen (secondary N) is 10. The van der Waals surface area contributed by atoms with Gasteiger partial charge >= 0.3 is 0 Å². The highest BCUT2D eigenvalue weighted by molar-refractivity contribution is 7.99. The number of phenols is 1. The molecule has 0 aliphatic rings. The molecule has 0 radical (unpaired) electrons. The van der Waals surface area contributed by atoms with E-state index in [4.69, 9.17) is 17.2 Å². The smallest absolute Gasteiger partial charge is 0.247 e. The number of aromatic nitrogens is 1. The minimum absolute atomic E-state index is 0.0156. The zero-order valence-electron chi connectivity index (χ0n) is 56.9. The van der Waals surface area contributed by atoms with E-state index in [-0.39, 0.29) is 72.2 Å². The summed E-state index contributed by atoms with van der Waals surface area (Å²) in [6.07, 6.45) is 20.3. The van der Waals surface area contributed by atoms with Crippen LogP contribution in [0, 0.1) is 0 Å². The van der Waals surface area contributed by atoms with Crippen LogP contribution in [0.25, 0.3) is 10.9 Å². The molecule has 27 heteroatoms. The fourth-order valence-electron chi connectivity index (χ4n) is 10.9. The number of carbonyl (C=O) groups is 10. The second-order valence-corrected chi connectivity index (χ2v) is 26.8. The maximum atomic E-state index is 15.2. The highest BCUT2D eigenvalue weighted by Gasteiger charge is 2.36. The van der Waals surface area contributed by atoms with Crippen LogP contribution in [0.2, 0.25) is 0 Å². The average Bonchev–Trinajstić information content (AvgIpc) is 1.72. The molecule has 0 fully saturated rings. The lowest BCUT2D eigenvalue weighted by atomic mass is 10.0. The van der Waals surface area contributed by atoms with Gasteiger partial charge in [0.1, 0.15) is 48.0 Å². The summed E-state index contributed by atoms with van der Waals surface area (Å²) in [5, 5.41) is 45.6. The van der Waals surface area contributed by atoms with Crippen LogP contribution in [-0.2, 0) is 60.8 Å². The van der Waals surface area contributed by atoms with Crippen LogP contribution in [0.1, 0.15) is 179 Å². The number of H-pyrrole nitrogens is 1. The van der Waals surface area contributed by atoms with Crippen LogP contribution in [-0.4, -0.2) is 152 Å². The van der Waals surface area contributed by atoms with Gasteiger partial charge in [-0.25, -0.2) is 0 Å². The first-order valence-corrected chi connectivity index (χ1v) is 36.5. The highest BCUT2D eigenvalue weighted by Crippen LogP contribution is 2.23.